The Bertz CT molecular complexity index is 892. The number of thioether (sulfide) groups is 2. The van der Waals surface area contributed by atoms with Gasteiger partial charge in [-0.3, -0.25) is 12.1 Å². The SMILES string of the molecule is C=CC(=O)OCCCCOC(=O)C(C(=O)OCCCCOC(=O)C=C)=C1Sc2[c-]cc[c-]c2S1.[K+].[K+]. The van der Waals surface area contributed by atoms with Crippen molar-refractivity contribution in [2.24, 2.45) is 0 Å². The Morgan fingerprint density at radius 1 is 0.694 bits per heavy atom. The van der Waals surface area contributed by atoms with Gasteiger partial charge in [-0.1, -0.05) is 13.2 Å². The second-order valence-corrected chi connectivity index (χ2v) is 8.88. The second-order valence-electron chi connectivity index (χ2n) is 6.58. The van der Waals surface area contributed by atoms with Crippen molar-refractivity contribution in [3.8, 4) is 0 Å². The first-order chi connectivity index (χ1) is 16.5. The number of carbonyl (C=O) groups is 4. The Hall–Kier alpha value is 0.293. The van der Waals surface area contributed by atoms with Gasteiger partial charge < -0.3 is 31.1 Å². The van der Waals surface area contributed by atoms with Crippen LogP contribution in [0.1, 0.15) is 25.7 Å². The van der Waals surface area contributed by atoms with Crippen molar-refractivity contribution in [1.29, 1.82) is 0 Å². The fourth-order valence-corrected chi connectivity index (χ4v) is 4.80. The van der Waals surface area contributed by atoms with E-state index < -0.39 is 23.9 Å². The van der Waals surface area contributed by atoms with Crippen LogP contribution < -0.4 is 103 Å². The van der Waals surface area contributed by atoms with Gasteiger partial charge in [0, 0.05) is 16.4 Å². The maximum Gasteiger partial charge on any atom is 1.00 e. The molecular weight excluding hydrogens is 559 g/mol. The molecule has 1 aromatic rings. The summed E-state index contributed by atoms with van der Waals surface area (Å²) in [6, 6.07) is 9.49. The van der Waals surface area contributed by atoms with Crippen LogP contribution in [0.4, 0.5) is 0 Å². The normalized spacial score (nSPS) is 11.1. The van der Waals surface area contributed by atoms with Crippen LogP contribution in [0.3, 0.4) is 0 Å². The van der Waals surface area contributed by atoms with Gasteiger partial charge in [-0.05, 0) is 25.7 Å². The largest absolute Gasteiger partial charge is 1.00 e. The fourth-order valence-electron chi connectivity index (χ4n) is 2.42. The Kier molecular flexibility index (Phi) is 21.3. The molecule has 0 atom stereocenters. The van der Waals surface area contributed by atoms with Crippen molar-refractivity contribution in [2.75, 3.05) is 26.4 Å². The van der Waals surface area contributed by atoms with Crippen molar-refractivity contribution >= 4 is 47.4 Å². The molecule has 12 heteroatoms. The van der Waals surface area contributed by atoms with Crippen LogP contribution in [0, 0.1) is 12.1 Å². The number of rotatable bonds is 14. The van der Waals surface area contributed by atoms with Crippen molar-refractivity contribution in [1.82, 2.24) is 0 Å². The van der Waals surface area contributed by atoms with Crippen molar-refractivity contribution in [3.63, 3.8) is 0 Å². The van der Waals surface area contributed by atoms with E-state index in [1.807, 2.05) is 0 Å². The Morgan fingerprint density at radius 3 is 1.42 bits per heavy atom. The summed E-state index contributed by atoms with van der Waals surface area (Å²) in [5, 5.41) is 0. The molecule has 0 radical (unpaired) electrons. The summed E-state index contributed by atoms with van der Waals surface area (Å²) < 4.78 is 20.7. The molecule has 0 fully saturated rings. The van der Waals surface area contributed by atoms with Crippen LogP contribution in [0.15, 0.2) is 57.0 Å². The molecule has 0 N–H and O–H groups in total. The van der Waals surface area contributed by atoms with Gasteiger partial charge in [0.25, 0.3) is 0 Å². The predicted octanol–water partition coefficient (Wildman–Crippen LogP) is -2.19. The van der Waals surface area contributed by atoms with Gasteiger partial charge in [-0.2, -0.15) is 33.3 Å². The maximum atomic E-state index is 12.8. The van der Waals surface area contributed by atoms with E-state index in [4.69, 9.17) is 18.9 Å². The third-order valence-corrected chi connectivity index (χ3v) is 6.55. The van der Waals surface area contributed by atoms with Crippen LogP contribution in [0.2, 0.25) is 0 Å². The summed E-state index contributed by atoms with van der Waals surface area (Å²) in [6.45, 7) is 7.06. The zero-order chi connectivity index (χ0) is 24.8. The van der Waals surface area contributed by atoms with Gasteiger partial charge in [-0.25, -0.2) is 19.2 Å². The summed E-state index contributed by atoms with van der Waals surface area (Å²) in [5.41, 5.74) is -0.191. The van der Waals surface area contributed by atoms with Gasteiger partial charge in [-0.15, -0.1) is 0 Å². The minimum atomic E-state index is -0.796. The number of hydrogen-bond donors (Lipinski definition) is 0. The van der Waals surface area contributed by atoms with E-state index in [0.29, 0.717) is 29.9 Å². The molecule has 8 nitrogen and oxygen atoms in total. The first-order valence-corrected chi connectivity index (χ1v) is 12.0. The number of fused-ring (bicyclic) bond motifs is 1. The maximum absolute atomic E-state index is 12.8. The summed E-state index contributed by atoms with van der Waals surface area (Å²) in [6.07, 6.45) is 4.00. The second kappa shape index (κ2) is 21.2. The van der Waals surface area contributed by atoms with Crippen LogP contribution in [-0.2, 0) is 38.1 Å². The van der Waals surface area contributed by atoms with Crippen LogP contribution in [0.25, 0.3) is 0 Å². The molecule has 36 heavy (non-hydrogen) atoms. The summed E-state index contributed by atoms with van der Waals surface area (Å²) in [7, 11) is 0. The molecule has 0 aromatic heterocycles. The molecule has 0 bridgehead atoms. The van der Waals surface area contributed by atoms with Gasteiger partial charge in [0.05, 0.1) is 26.4 Å². The number of ether oxygens (including phenoxy) is 4. The third kappa shape index (κ3) is 13.4. The minimum absolute atomic E-state index is 0. The average Bonchev–Trinajstić information content (AvgIpc) is 3.26. The molecule has 1 aliphatic heterocycles. The molecule has 0 aliphatic carbocycles. The van der Waals surface area contributed by atoms with Crippen molar-refractivity contribution < 1.29 is 141 Å². The van der Waals surface area contributed by atoms with E-state index in [1.165, 1.54) is 23.5 Å². The molecule has 0 spiro atoms. The Morgan fingerprint density at radius 2 is 1.06 bits per heavy atom. The molecule has 0 amide bonds. The van der Waals surface area contributed by atoms with E-state index >= 15 is 0 Å². The summed E-state index contributed by atoms with van der Waals surface area (Å²) in [5.74, 6) is -2.63. The Labute approximate surface area is 304 Å². The van der Waals surface area contributed by atoms with E-state index in [1.54, 1.807) is 12.1 Å². The zero-order valence-corrected chi connectivity index (χ0v) is 28.3. The topological polar surface area (TPSA) is 105 Å². The predicted molar refractivity (Wildman–Crippen MR) is 126 cm³/mol. The first kappa shape index (κ1) is 36.3. The molecule has 0 unspecified atom stereocenters. The molecule has 2 rings (SSSR count). The molecule has 0 saturated carbocycles. The van der Waals surface area contributed by atoms with Crippen molar-refractivity contribution in [3.05, 3.63) is 59.4 Å². The van der Waals surface area contributed by atoms with Gasteiger partial charge >= 0.3 is 127 Å². The first-order valence-electron chi connectivity index (χ1n) is 10.4. The third-order valence-electron chi connectivity index (χ3n) is 4.09. The molecule has 0 saturated heterocycles. The molecule has 1 heterocycles. The van der Waals surface area contributed by atoms with Gasteiger partial charge in [0.2, 0.25) is 0 Å². The van der Waals surface area contributed by atoms with E-state index in [0.717, 1.165) is 21.9 Å². The Balaban J connectivity index is 0.00000612. The monoisotopic (exact) mass is 582 g/mol. The number of esters is 4. The van der Waals surface area contributed by atoms with E-state index in [-0.39, 0.29) is 135 Å². The molecule has 182 valence electrons. The van der Waals surface area contributed by atoms with E-state index in [2.05, 4.69) is 25.3 Å². The minimum Gasteiger partial charge on any atom is -0.463 e. The molecule has 1 aromatic carbocycles. The fraction of sp³-hybridized carbons (Fsp3) is 0.333. The summed E-state index contributed by atoms with van der Waals surface area (Å²) >= 11 is 2.45. The van der Waals surface area contributed by atoms with Crippen LogP contribution >= 0.6 is 23.5 Å². The number of carbonyl (C=O) groups excluding carboxylic acids is 4. The van der Waals surface area contributed by atoms with Gasteiger partial charge in [0.1, 0.15) is 0 Å². The van der Waals surface area contributed by atoms with E-state index in [9.17, 15) is 19.2 Å². The van der Waals surface area contributed by atoms with Crippen LogP contribution in [0.5, 0.6) is 0 Å². The quantitative estimate of drug-likeness (QED) is 0.0351. The smallest absolute Gasteiger partial charge is 0.463 e. The number of hydrogen-bond acceptors (Lipinski definition) is 10. The standard InChI is InChI=1S/C24H24O8S2.2K/c1-3-19(25)29-13-7-9-15-31-22(27)21(24-33-17-11-5-6-12-18(17)34-24)23(28)32-16-10-8-14-30-20(26)4-2;;/h3-6H,1-2,7-10,13-16H2;;/q-2;2*+1. The number of benzene rings is 1. The summed E-state index contributed by atoms with van der Waals surface area (Å²) in [4.78, 5) is 49.1. The molecule has 1 aliphatic rings. The molecular formula is C24H24K2O8S2. The average molecular weight is 583 g/mol. The van der Waals surface area contributed by atoms with Crippen molar-refractivity contribution in [2.45, 2.75) is 35.5 Å². The van der Waals surface area contributed by atoms with Gasteiger partial charge in [0.15, 0.2) is 5.57 Å². The van der Waals surface area contributed by atoms with Crippen LogP contribution in [-0.4, -0.2) is 50.3 Å². The number of unbranched alkanes of at least 4 members (excludes halogenated alkanes) is 2. The zero-order valence-electron chi connectivity index (χ0n) is 20.5.